The van der Waals surface area contributed by atoms with Crippen LogP contribution in [0, 0.1) is 5.41 Å². The van der Waals surface area contributed by atoms with E-state index < -0.39 is 0 Å². The Bertz CT molecular complexity index is 676. The summed E-state index contributed by atoms with van der Waals surface area (Å²) in [5.41, 5.74) is 2.26. The maximum Gasteiger partial charge on any atom is 0.230 e. The molecule has 0 bridgehead atoms. The molecule has 0 atom stereocenters. The minimum Gasteiger partial charge on any atom is -0.355 e. The van der Waals surface area contributed by atoms with Crippen LogP contribution in [-0.4, -0.2) is 62.4 Å². The third-order valence-corrected chi connectivity index (χ3v) is 5.99. The number of benzene rings is 1. The minimum absolute atomic E-state index is 0.224. The largest absolute Gasteiger partial charge is 0.355 e. The maximum absolute atomic E-state index is 12.7. The summed E-state index contributed by atoms with van der Waals surface area (Å²) in [6.45, 7) is 8.83. The molecule has 1 aromatic carbocycles. The van der Waals surface area contributed by atoms with E-state index in [4.69, 9.17) is 0 Å². The van der Waals surface area contributed by atoms with Gasteiger partial charge in [-0.2, -0.15) is 0 Å². The Kier molecular flexibility index (Phi) is 8.96. The van der Waals surface area contributed by atoms with E-state index in [1.807, 2.05) is 14.1 Å². The molecule has 1 aliphatic rings. The molecule has 1 amide bonds. The molecule has 2 rings (SSSR count). The van der Waals surface area contributed by atoms with Crippen molar-refractivity contribution >= 4 is 11.9 Å². The van der Waals surface area contributed by atoms with Gasteiger partial charge in [-0.05, 0) is 37.1 Å². The van der Waals surface area contributed by atoms with Gasteiger partial charge < -0.3 is 15.5 Å². The van der Waals surface area contributed by atoms with E-state index in [2.05, 4.69) is 58.6 Å². The molecular formula is C23H39N5O. The van der Waals surface area contributed by atoms with Gasteiger partial charge in [0, 0.05) is 40.8 Å². The first-order valence-electron chi connectivity index (χ1n) is 10.9. The molecule has 2 N–H and O–H groups in total. The van der Waals surface area contributed by atoms with Gasteiger partial charge in [-0.1, -0.05) is 51.0 Å². The molecule has 0 radical (unpaired) electrons. The zero-order chi connectivity index (χ0) is 21.3. The van der Waals surface area contributed by atoms with Crippen LogP contribution < -0.4 is 10.6 Å². The van der Waals surface area contributed by atoms with Crippen molar-refractivity contribution in [2.45, 2.75) is 52.6 Å². The van der Waals surface area contributed by atoms with Gasteiger partial charge in [-0.15, -0.1) is 0 Å². The van der Waals surface area contributed by atoms with Crippen LogP contribution >= 0.6 is 0 Å². The number of hydrogen-bond acceptors (Lipinski definition) is 3. The van der Waals surface area contributed by atoms with Crippen molar-refractivity contribution in [2.75, 3.05) is 40.8 Å². The Hall–Kier alpha value is -2.08. The zero-order valence-electron chi connectivity index (χ0n) is 18.9. The summed E-state index contributed by atoms with van der Waals surface area (Å²) in [6.07, 6.45) is 4.13. The van der Waals surface area contributed by atoms with Crippen LogP contribution in [-0.2, 0) is 17.9 Å². The van der Waals surface area contributed by atoms with Gasteiger partial charge in [0.1, 0.15) is 0 Å². The van der Waals surface area contributed by atoms with Crippen molar-refractivity contribution in [3.05, 3.63) is 35.4 Å². The first-order chi connectivity index (χ1) is 13.9. The van der Waals surface area contributed by atoms with E-state index >= 15 is 0 Å². The molecule has 0 unspecified atom stereocenters. The highest BCUT2D eigenvalue weighted by molar-refractivity contribution is 5.85. The third-order valence-electron chi connectivity index (χ3n) is 5.99. The van der Waals surface area contributed by atoms with Gasteiger partial charge in [0.15, 0.2) is 5.96 Å². The average Bonchev–Trinajstić information content (AvgIpc) is 3.21. The van der Waals surface area contributed by atoms with Gasteiger partial charge >= 0.3 is 0 Å². The second-order valence-corrected chi connectivity index (χ2v) is 8.25. The van der Waals surface area contributed by atoms with Crippen LogP contribution in [0.3, 0.4) is 0 Å². The van der Waals surface area contributed by atoms with Crippen molar-refractivity contribution in [1.82, 2.24) is 20.4 Å². The first-order valence-corrected chi connectivity index (χ1v) is 10.9. The molecule has 0 aliphatic heterocycles. The summed E-state index contributed by atoms with van der Waals surface area (Å²) < 4.78 is 0. The second-order valence-electron chi connectivity index (χ2n) is 8.25. The number of aliphatic imine (C=N–C) groups is 1. The number of carbonyl (C=O) groups excluding carboxylic acids is 1. The molecule has 0 spiro atoms. The quantitative estimate of drug-likeness (QED) is 0.493. The smallest absolute Gasteiger partial charge is 0.230 e. The zero-order valence-corrected chi connectivity index (χ0v) is 18.9. The lowest BCUT2D eigenvalue weighted by molar-refractivity contribution is -0.138. The molecule has 0 heterocycles. The molecule has 6 heteroatoms. The van der Waals surface area contributed by atoms with E-state index in [0.29, 0.717) is 13.1 Å². The highest BCUT2D eigenvalue weighted by atomic mass is 16.2. The summed E-state index contributed by atoms with van der Waals surface area (Å²) in [4.78, 5) is 21.2. The van der Waals surface area contributed by atoms with Crippen LogP contribution in [0.5, 0.6) is 0 Å². The van der Waals surface area contributed by atoms with Crippen molar-refractivity contribution in [3.8, 4) is 0 Å². The minimum atomic E-state index is -0.301. The molecule has 1 aromatic rings. The fourth-order valence-electron chi connectivity index (χ4n) is 4.20. The number of carbonyl (C=O) groups is 1. The van der Waals surface area contributed by atoms with Gasteiger partial charge in [-0.3, -0.25) is 14.7 Å². The number of guanidine groups is 1. The number of amides is 1. The van der Waals surface area contributed by atoms with Gasteiger partial charge in [0.2, 0.25) is 5.91 Å². The predicted molar refractivity (Wildman–Crippen MR) is 121 cm³/mol. The number of nitrogens with one attached hydrogen (secondary N) is 2. The summed E-state index contributed by atoms with van der Waals surface area (Å²) in [5, 5.41) is 6.81. The molecular weight excluding hydrogens is 362 g/mol. The van der Waals surface area contributed by atoms with Crippen molar-refractivity contribution < 1.29 is 4.79 Å². The Balaban J connectivity index is 1.93. The summed E-state index contributed by atoms with van der Waals surface area (Å²) in [7, 11) is 5.47. The van der Waals surface area contributed by atoms with Gasteiger partial charge in [0.25, 0.3) is 0 Å². The lowest BCUT2D eigenvalue weighted by Gasteiger charge is -2.31. The molecule has 6 nitrogen and oxygen atoms in total. The highest BCUT2D eigenvalue weighted by Gasteiger charge is 2.42. The van der Waals surface area contributed by atoms with Crippen LogP contribution in [0.15, 0.2) is 29.3 Å². The second kappa shape index (κ2) is 11.2. The topological polar surface area (TPSA) is 60.0 Å². The standard InChI is InChI=1S/C23H39N5O/c1-6-28(7-2)17-20-12-10-11-19(15-20)16-25-22(24-3)26-18-23(13-8-9-14-23)21(29)27(4)5/h10-12,15H,6-9,13-14,16-18H2,1-5H3,(H2,24,25,26). The first kappa shape index (κ1) is 23.2. The van der Waals surface area contributed by atoms with Crippen molar-refractivity contribution in [1.29, 1.82) is 0 Å². The van der Waals surface area contributed by atoms with Crippen LogP contribution in [0.25, 0.3) is 0 Å². The summed E-state index contributed by atoms with van der Waals surface area (Å²) >= 11 is 0. The monoisotopic (exact) mass is 401 g/mol. The molecule has 0 saturated heterocycles. The molecule has 1 aliphatic carbocycles. The predicted octanol–water partition coefficient (Wildman–Crippen LogP) is 2.84. The van der Waals surface area contributed by atoms with Crippen molar-refractivity contribution in [3.63, 3.8) is 0 Å². The molecule has 1 fully saturated rings. The SMILES string of the molecule is CCN(CC)Cc1cccc(CNC(=NC)NCC2(C(=O)N(C)C)CCCC2)c1. The highest BCUT2D eigenvalue weighted by Crippen LogP contribution is 2.38. The lowest BCUT2D eigenvalue weighted by Crippen LogP contribution is -2.49. The Morgan fingerprint density at radius 3 is 2.34 bits per heavy atom. The Morgan fingerprint density at radius 2 is 1.76 bits per heavy atom. The maximum atomic E-state index is 12.7. The molecule has 162 valence electrons. The molecule has 1 saturated carbocycles. The van der Waals surface area contributed by atoms with E-state index in [-0.39, 0.29) is 11.3 Å². The lowest BCUT2D eigenvalue weighted by atomic mass is 9.84. The van der Waals surface area contributed by atoms with Crippen LogP contribution in [0.2, 0.25) is 0 Å². The van der Waals surface area contributed by atoms with E-state index in [1.165, 1.54) is 11.1 Å². The van der Waals surface area contributed by atoms with Crippen LogP contribution in [0.4, 0.5) is 0 Å². The number of rotatable bonds is 9. The van der Waals surface area contributed by atoms with E-state index in [1.54, 1.807) is 11.9 Å². The molecule has 29 heavy (non-hydrogen) atoms. The van der Waals surface area contributed by atoms with Crippen LogP contribution in [0.1, 0.15) is 50.7 Å². The third kappa shape index (κ3) is 6.46. The average molecular weight is 402 g/mol. The van der Waals surface area contributed by atoms with Crippen molar-refractivity contribution in [2.24, 2.45) is 10.4 Å². The van der Waals surface area contributed by atoms with E-state index in [0.717, 1.165) is 51.3 Å². The summed E-state index contributed by atoms with van der Waals surface area (Å²) in [5.74, 6) is 0.971. The molecule has 0 aromatic heterocycles. The Labute approximate surface area is 176 Å². The number of hydrogen-bond donors (Lipinski definition) is 2. The van der Waals surface area contributed by atoms with E-state index in [9.17, 15) is 4.79 Å². The fourth-order valence-corrected chi connectivity index (χ4v) is 4.20. The van der Waals surface area contributed by atoms with Gasteiger partial charge in [0.05, 0.1) is 5.41 Å². The summed E-state index contributed by atoms with van der Waals surface area (Å²) in [6, 6.07) is 8.70. The fraction of sp³-hybridized carbons (Fsp3) is 0.652. The Morgan fingerprint density at radius 1 is 1.10 bits per heavy atom. The number of nitrogens with zero attached hydrogens (tertiary/aromatic N) is 3. The van der Waals surface area contributed by atoms with Gasteiger partial charge in [-0.25, -0.2) is 0 Å². The normalized spacial score (nSPS) is 16.1.